The van der Waals surface area contributed by atoms with E-state index in [4.69, 9.17) is 0 Å². The van der Waals surface area contributed by atoms with E-state index in [0.29, 0.717) is 5.92 Å². The Morgan fingerprint density at radius 3 is 2.43 bits per heavy atom. The van der Waals surface area contributed by atoms with Gasteiger partial charge in [-0.1, -0.05) is 67.1 Å². The molecule has 0 radical (unpaired) electrons. The zero-order chi connectivity index (χ0) is 14.7. The molecular weight excluding hydrogens is 254 g/mol. The Morgan fingerprint density at radius 1 is 0.857 bits per heavy atom. The molecule has 0 saturated carbocycles. The highest BCUT2D eigenvalue weighted by Crippen LogP contribution is 2.32. The standard InChI is InChI=1S/C20H19N/c1-15-8-7-9-17(14-15)16(2)18-10-3-4-11-19(18)20-12-5-6-13-21-20/h3-14,16H,1-2H3. The van der Waals surface area contributed by atoms with E-state index in [1.54, 1.807) is 0 Å². The van der Waals surface area contributed by atoms with E-state index in [0.717, 1.165) is 5.69 Å². The molecule has 1 nitrogen and oxygen atoms in total. The van der Waals surface area contributed by atoms with E-state index in [-0.39, 0.29) is 0 Å². The summed E-state index contributed by atoms with van der Waals surface area (Å²) < 4.78 is 0. The van der Waals surface area contributed by atoms with Gasteiger partial charge in [-0.2, -0.15) is 0 Å². The average molecular weight is 273 g/mol. The Labute approximate surface area is 126 Å². The predicted molar refractivity (Wildman–Crippen MR) is 88.4 cm³/mol. The third kappa shape index (κ3) is 2.87. The molecule has 0 saturated heterocycles. The third-order valence-electron chi connectivity index (χ3n) is 3.91. The van der Waals surface area contributed by atoms with Crippen LogP contribution in [0.1, 0.15) is 29.5 Å². The van der Waals surface area contributed by atoms with Crippen LogP contribution in [-0.4, -0.2) is 4.98 Å². The molecule has 1 heteroatoms. The van der Waals surface area contributed by atoms with Crippen molar-refractivity contribution >= 4 is 0 Å². The van der Waals surface area contributed by atoms with E-state index < -0.39 is 0 Å². The van der Waals surface area contributed by atoms with Gasteiger partial charge in [-0.05, 0) is 30.2 Å². The molecule has 3 aromatic rings. The van der Waals surface area contributed by atoms with Gasteiger partial charge in [-0.3, -0.25) is 4.98 Å². The van der Waals surface area contributed by atoms with Crippen LogP contribution in [0.15, 0.2) is 72.9 Å². The molecule has 1 aromatic heterocycles. The Bertz CT molecular complexity index is 732. The fraction of sp³-hybridized carbons (Fsp3) is 0.150. The average Bonchev–Trinajstić information content (AvgIpc) is 2.55. The molecule has 1 unspecified atom stereocenters. The van der Waals surface area contributed by atoms with Crippen molar-refractivity contribution in [3.63, 3.8) is 0 Å². The summed E-state index contributed by atoms with van der Waals surface area (Å²) in [5.41, 5.74) is 6.22. The lowest BCUT2D eigenvalue weighted by molar-refractivity contribution is 0.921. The lowest BCUT2D eigenvalue weighted by Crippen LogP contribution is -1.99. The number of aromatic nitrogens is 1. The van der Waals surface area contributed by atoms with Crippen LogP contribution in [0, 0.1) is 6.92 Å². The molecular formula is C20H19N. The SMILES string of the molecule is Cc1cccc(C(C)c2ccccc2-c2ccccn2)c1. The summed E-state index contributed by atoms with van der Waals surface area (Å²) in [5, 5.41) is 0. The molecule has 1 atom stereocenters. The number of benzene rings is 2. The van der Waals surface area contributed by atoms with Crippen molar-refractivity contribution in [2.24, 2.45) is 0 Å². The first-order valence-corrected chi connectivity index (χ1v) is 7.32. The number of rotatable bonds is 3. The summed E-state index contributed by atoms with van der Waals surface area (Å²) in [5.74, 6) is 0.350. The van der Waals surface area contributed by atoms with Gasteiger partial charge in [0.2, 0.25) is 0 Å². The molecule has 3 rings (SSSR count). The van der Waals surface area contributed by atoms with Crippen molar-refractivity contribution < 1.29 is 0 Å². The van der Waals surface area contributed by atoms with E-state index in [2.05, 4.69) is 73.4 Å². The molecule has 104 valence electrons. The van der Waals surface area contributed by atoms with Gasteiger partial charge in [-0.15, -0.1) is 0 Å². The second-order valence-corrected chi connectivity index (χ2v) is 5.44. The van der Waals surface area contributed by atoms with Crippen molar-refractivity contribution in [2.75, 3.05) is 0 Å². The van der Waals surface area contributed by atoms with Crippen LogP contribution in [0.5, 0.6) is 0 Å². The van der Waals surface area contributed by atoms with E-state index in [1.807, 2.05) is 18.3 Å². The van der Waals surface area contributed by atoms with Crippen LogP contribution < -0.4 is 0 Å². The first kappa shape index (κ1) is 13.6. The minimum absolute atomic E-state index is 0.350. The molecule has 21 heavy (non-hydrogen) atoms. The second-order valence-electron chi connectivity index (χ2n) is 5.44. The summed E-state index contributed by atoms with van der Waals surface area (Å²) in [6.07, 6.45) is 1.85. The lowest BCUT2D eigenvalue weighted by Gasteiger charge is -2.17. The van der Waals surface area contributed by atoms with E-state index in [1.165, 1.54) is 22.3 Å². The normalized spacial score (nSPS) is 12.1. The van der Waals surface area contributed by atoms with Crippen LogP contribution in [0.3, 0.4) is 0 Å². The zero-order valence-electron chi connectivity index (χ0n) is 12.5. The molecule has 0 amide bonds. The molecule has 0 aliphatic rings. The number of aryl methyl sites for hydroxylation is 1. The highest BCUT2D eigenvalue weighted by Gasteiger charge is 2.14. The van der Waals surface area contributed by atoms with Gasteiger partial charge in [0.15, 0.2) is 0 Å². The zero-order valence-corrected chi connectivity index (χ0v) is 12.5. The molecule has 0 N–H and O–H groups in total. The van der Waals surface area contributed by atoms with Gasteiger partial charge in [0.05, 0.1) is 5.69 Å². The van der Waals surface area contributed by atoms with E-state index >= 15 is 0 Å². The maximum absolute atomic E-state index is 4.50. The molecule has 0 fully saturated rings. The van der Waals surface area contributed by atoms with Gasteiger partial charge in [0.1, 0.15) is 0 Å². The molecule has 0 bridgehead atoms. The molecule has 0 spiro atoms. The van der Waals surface area contributed by atoms with Gasteiger partial charge >= 0.3 is 0 Å². The summed E-state index contributed by atoms with van der Waals surface area (Å²) in [4.78, 5) is 4.50. The Balaban J connectivity index is 2.07. The Hall–Kier alpha value is -2.41. The molecule has 1 heterocycles. The maximum atomic E-state index is 4.50. The summed E-state index contributed by atoms with van der Waals surface area (Å²) in [6, 6.07) is 23.3. The number of hydrogen-bond donors (Lipinski definition) is 0. The summed E-state index contributed by atoms with van der Waals surface area (Å²) >= 11 is 0. The van der Waals surface area contributed by atoms with Crippen LogP contribution in [-0.2, 0) is 0 Å². The smallest absolute Gasteiger partial charge is 0.0704 e. The number of pyridine rings is 1. The number of nitrogens with zero attached hydrogens (tertiary/aromatic N) is 1. The highest BCUT2D eigenvalue weighted by molar-refractivity contribution is 5.65. The molecule has 0 aliphatic carbocycles. The topological polar surface area (TPSA) is 12.9 Å². The van der Waals surface area contributed by atoms with Crippen LogP contribution in [0.2, 0.25) is 0 Å². The van der Waals surface area contributed by atoms with Gasteiger partial charge in [-0.25, -0.2) is 0 Å². The van der Waals surface area contributed by atoms with Gasteiger partial charge in [0, 0.05) is 17.7 Å². The molecule has 2 aromatic carbocycles. The fourth-order valence-corrected chi connectivity index (χ4v) is 2.75. The van der Waals surface area contributed by atoms with Crippen molar-refractivity contribution in [3.05, 3.63) is 89.6 Å². The maximum Gasteiger partial charge on any atom is 0.0704 e. The first-order chi connectivity index (χ1) is 10.3. The summed E-state index contributed by atoms with van der Waals surface area (Å²) in [6.45, 7) is 4.40. The molecule has 0 aliphatic heterocycles. The predicted octanol–water partition coefficient (Wildman–Crippen LogP) is 5.21. The lowest BCUT2D eigenvalue weighted by atomic mass is 9.88. The van der Waals surface area contributed by atoms with Crippen molar-refractivity contribution in [2.45, 2.75) is 19.8 Å². The highest BCUT2D eigenvalue weighted by atomic mass is 14.7. The van der Waals surface area contributed by atoms with Gasteiger partial charge < -0.3 is 0 Å². The number of hydrogen-bond acceptors (Lipinski definition) is 1. The minimum atomic E-state index is 0.350. The second kappa shape index (κ2) is 5.92. The van der Waals surface area contributed by atoms with Crippen molar-refractivity contribution in [1.82, 2.24) is 4.98 Å². The summed E-state index contributed by atoms with van der Waals surface area (Å²) in [7, 11) is 0. The fourth-order valence-electron chi connectivity index (χ4n) is 2.75. The van der Waals surface area contributed by atoms with Crippen LogP contribution in [0.4, 0.5) is 0 Å². The van der Waals surface area contributed by atoms with E-state index in [9.17, 15) is 0 Å². The van der Waals surface area contributed by atoms with Crippen LogP contribution in [0.25, 0.3) is 11.3 Å². The van der Waals surface area contributed by atoms with Crippen LogP contribution >= 0.6 is 0 Å². The first-order valence-electron chi connectivity index (χ1n) is 7.32. The van der Waals surface area contributed by atoms with Crippen molar-refractivity contribution in [1.29, 1.82) is 0 Å². The monoisotopic (exact) mass is 273 g/mol. The Kier molecular flexibility index (Phi) is 3.83. The quantitative estimate of drug-likeness (QED) is 0.638. The van der Waals surface area contributed by atoms with Gasteiger partial charge in [0.25, 0.3) is 0 Å². The minimum Gasteiger partial charge on any atom is -0.256 e. The van der Waals surface area contributed by atoms with Crippen molar-refractivity contribution in [3.8, 4) is 11.3 Å². The largest absolute Gasteiger partial charge is 0.256 e. The third-order valence-corrected chi connectivity index (χ3v) is 3.91. The Morgan fingerprint density at radius 2 is 1.67 bits per heavy atom.